The van der Waals surface area contributed by atoms with Crippen molar-refractivity contribution < 1.29 is 19.0 Å². The second-order valence-corrected chi connectivity index (χ2v) is 6.88. The topological polar surface area (TPSA) is 83.2 Å². The highest BCUT2D eigenvalue weighted by Crippen LogP contribution is 2.70. The second kappa shape index (κ2) is 5.24. The first kappa shape index (κ1) is 16.0. The lowest BCUT2D eigenvalue weighted by Crippen LogP contribution is -2.36. The van der Waals surface area contributed by atoms with Gasteiger partial charge in [0.25, 0.3) is 0 Å². The lowest BCUT2D eigenvalue weighted by Gasteiger charge is -2.23. The maximum Gasteiger partial charge on any atom is 0.247 e. The number of aromatic nitrogens is 3. The standard InChI is InChI=1S/C15H17ClF2N4O2/c1-2-19-7-3-8(16)21-13-9(7)20-5-22(13)10-6-4-15(6,14(17)18)12(24)11(10)23/h3,5-6,10-12,14,23-24H,2,4H2,1H3,(H,19,21)/t6-,10-,11+,12+,15+/m1/s1. The fourth-order valence-corrected chi connectivity index (χ4v) is 4.29. The largest absolute Gasteiger partial charge is 0.390 e. The lowest BCUT2D eigenvalue weighted by molar-refractivity contribution is -0.0663. The van der Waals surface area contributed by atoms with Gasteiger partial charge in [-0.1, -0.05) is 11.6 Å². The molecule has 4 rings (SSSR count). The van der Waals surface area contributed by atoms with Crippen LogP contribution in [0.2, 0.25) is 5.15 Å². The van der Waals surface area contributed by atoms with E-state index in [4.69, 9.17) is 11.6 Å². The number of anilines is 1. The Morgan fingerprint density at radius 1 is 1.50 bits per heavy atom. The number of hydrogen-bond donors (Lipinski definition) is 3. The van der Waals surface area contributed by atoms with Gasteiger partial charge in [-0.2, -0.15) is 0 Å². The third-order valence-electron chi connectivity index (χ3n) is 5.33. The number of imidazole rings is 1. The quantitative estimate of drug-likeness (QED) is 0.729. The van der Waals surface area contributed by atoms with Crippen LogP contribution in [0.5, 0.6) is 0 Å². The van der Waals surface area contributed by atoms with Gasteiger partial charge in [-0.05, 0) is 19.3 Å². The predicted octanol–water partition coefficient (Wildman–Crippen LogP) is 2.06. The van der Waals surface area contributed by atoms with E-state index < -0.39 is 36.0 Å². The van der Waals surface area contributed by atoms with Crippen LogP contribution in [0.15, 0.2) is 12.4 Å². The van der Waals surface area contributed by atoms with Crippen LogP contribution in [-0.4, -0.2) is 49.9 Å². The Labute approximate surface area is 141 Å². The first-order valence-electron chi connectivity index (χ1n) is 7.83. The summed E-state index contributed by atoms with van der Waals surface area (Å²) in [5, 5.41) is 23.8. The summed E-state index contributed by atoms with van der Waals surface area (Å²) in [4.78, 5) is 8.55. The Morgan fingerprint density at radius 3 is 2.88 bits per heavy atom. The fraction of sp³-hybridized carbons (Fsp3) is 0.600. The smallest absolute Gasteiger partial charge is 0.247 e. The molecule has 6 nitrogen and oxygen atoms in total. The molecule has 2 heterocycles. The van der Waals surface area contributed by atoms with E-state index in [0.29, 0.717) is 23.4 Å². The third-order valence-corrected chi connectivity index (χ3v) is 5.53. The number of pyridine rings is 1. The summed E-state index contributed by atoms with van der Waals surface area (Å²) in [7, 11) is 0. The minimum Gasteiger partial charge on any atom is -0.390 e. The molecule has 2 aliphatic rings. The van der Waals surface area contributed by atoms with Crippen molar-refractivity contribution in [2.24, 2.45) is 11.3 Å². The Morgan fingerprint density at radius 2 is 2.25 bits per heavy atom. The molecule has 0 unspecified atom stereocenters. The highest BCUT2D eigenvalue weighted by Gasteiger charge is 2.75. The zero-order valence-corrected chi connectivity index (χ0v) is 13.6. The zero-order valence-electron chi connectivity index (χ0n) is 12.8. The van der Waals surface area contributed by atoms with Gasteiger partial charge in [0.15, 0.2) is 5.65 Å². The average molecular weight is 359 g/mol. The van der Waals surface area contributed by atoms with Crippen LogP contribution in [0.25, 0.3) is 11.2 Å². The number of aliphatic hydroxyl groups excluding tert-OH is 2. The molecular formula is C15H17ClF2N4O2. The van der Waals surface area contributed by atoms with E-state index in [-0.39, 0.29) is 11.6 Å². The van der Waals surface area contributed by atoms with Crippen molar-refractivity contribution in [3.63, 3.8) is 0 Å². The van der Waals surface area contributed by atoms with E-state index in [9.17, 15) is 19.0 Å². The molecule has 9 heteroatoms. The van der Waals surface area contributed by atoms with Gasteiger partial charge in [-0.25, -0.2) is 18.7 Å². The number of aliphatic hydroxyl groups is 2. The van der Waals surface area contributed by atoms with Crippen LogP contribution in [0.4, 0.5) is 14.5 Å². The third kappa shape index (κ3) is 1.93. The van der Waals surface area contributed by atoms with Crippen molar-refractivity contribution in [1.82, 2.24) is 14.5 Å². The van der Waals surface area contributed by atoms with Crippen molar-refractivity contribution >= 4 is 28.5 Å². The first-order valence-corrected chi connectivity index (χ1v) is 8.20. The minimum absolute atomic E-state index is 0.174. The van der Waals surface area contributed by atoms with Gasteiger partial charge in [0.2, 0.25) is 6.43 Å². The molecule has 0 spiro atoms. The summed E-state index contributed by atoms with van der Waals surface area (Å²) >= 11 is 6.06. The summed E-state index contributed by atoms with van der Waals surface area (Å²) in [5.74, 6) is -0.511. The normalized spacial score (nSPS) is 34.8. The van der Waals surface area contributed by atoms with Gasteiger partial charge >= 0.3 is 0 Å². The molecule has 2 aliphatic carbocycles. The van der Waals surface area contributed by atoms with Crippen molar-refractivity contribution in [3.05, 3.63) is 17.5 Å². The van der Waals surface area contributed by atoms with Crippen molar-refractivity contribution in [2.75, 3.05) is 11.9 Å². The van der Waals surface area contributed by atoms with E-state index in [1.807, 2.05) is 6.92 Å². The Bertz CT molecular complexity index is 801. The van der Waals surface area contributed by atoms with Crippen molar-refractivity contribution in [2.45, 2.75) is 38.0 Å². The molecule has 3 N–H and O–H groups in total. The highest BCUT2D eigenvalue weighted by atomic mass is 35.5. The number of hydrogen-bond acceptors (Lipinski definition) is 5. The van der Waals surface area contributed by atoms with Crippen LogP contribution < -0.4 is 5.32 Å². The van der Waals surface area contributed by atoms with Crippen LogP contribution in [-0.2, 0) is 0 Å². The number of rotatable bonds is 4. The molecule has 2 fully saturated rings. The summed E-state index contributed by atoms with van der Waals surface area (Å²) in [6, 6.07) is 0.949. The molecule has 0 aliphatic heterocycles. The number of halogens is 3. The molecule has 0 aromatic carbocycles. The average Bonchev–Trinajstić information content (AvgIpc) is 3.07. The molecule has 0 radical (unpaired) electrons. The number of fused-ring (bicyclic) bond motifs is 2. The summed E-state index contributed by atoms with van der Waals surface area (Å²) in [6.07, 6.45) is -3.79. The Balaban J connectivity index is 1.81. The molecule has 2 aromatic heterocycles. The fourth-order valence-electron chi connectivity index (χ4n) is 4.10. The maximum absolute atomic E-state index is 13.4. The Hall–Kier alpha value is -1.51. The SMILES string of the molecule is CCNc1cc(Cl)nc2c1ncn2[C@H]1[C@H](O)[C@H](O)[C@]2(C(F)F)C[C@H]12. The molecule has 2 aromatic rings. The number of nitrogens with zero attached hydrogens (tertiary/aromatic N) is 3. The van der Waals surface area contributed by atoms with Gasteiger partial charge in [0, 0.05) is 12.6 Å². The molecule has 5 atom stereocenters. The molecular weight excluding hydrogens is 342 g/mol. The summed E-state index contributed by atoms with van der Waals surface area (Å²) < 4.78 is 28.4. The number of alkyl halides is 2. The molecule has 0 saturated heterocycles. The van der Waals surface area contributed by atoms with Crippen LogP contribution >= 0.6 is 11.6 Å². The lowest BCUT2D eigenvalue weighted by atomic mass is 10.00. The second-order valence-electron chi connectivity index (χ2n) is 6.50. The number of nitrogens with one attached hydrogen (secondary N) is 1. The molecule has 0 bridgehead atoms. The zero-order chi connectivity index (χ0) is 17.2. The van der Waals surface area contributed by atoms with E-state index in [0.717, 1.165) is 0 Å². The van der Waals surface area contributed by atoms with E-state index in [1.54, 1.807) is 10.6 Å². The van der Waals surface area contributed by atoms with Gasteiger partial charge in [-0.15, -0.1) is 0 Å². The monoisotopic (exact) mass is 358 g/mol. The van der Waals surface area contributed by atoms with Crippen molar-refractivity contribution in [3.8, 4) is 0 Å². The van der Waals surface area contributed by atoms with E-state index >= 15 is 0 Å². The minimum atomic E-state index is -2.68. The highest BCUT2D eigenvalue weighted by molar-refractivity contribution is 6.30. The van der Waals surface area contributed by atoms with Crippen LogP contribution in [0.1, 0.15) is 19.4 Å². The van der Waals surface area contributed by atoms with Gasteiger partial charge < -0.3 is 20.1 Å². The molecule has 0 amide bonds. The maximum atomic E-state index is 13.4. The van der Waals surface area contributed by atoms with E-state index in [1.165, 1.54) is 6.33 Å². The van der Waals surface area contributed by atoms with Crippen LogP contribution in [0.3, 0.4) is 0 Å². The van der Waals surface area contributed by atoms with Gasteiger partial charge in [0.1, 0.15) is 16.8 Å². The summed E-state index contributed by atoms with van der Waals surface area (Å²) in [6.45, 7) is 2.58. The Kier molecular flexibility index (Phi) is 3.49. The molecule has 130 valence electrons. The van der Waals surface area contributed by atoms with Crippen LogP contribution in [0, 0.1) is 11.3 Å². The van der Waals surface area contributed by atoms with E-state index in [2.05, 4.69) is 15.3 Å². The van der Waals surface area contributed by atoms with Gasteiger partial charge in [-0.3, -0.25) is 0 Å². The van der Waals surface area contributed by atoms with Gasteiger partial charge in [0.05, 0.1) is 29.6 Å². The first-order chi connectivity index (χ1) is 11.4. The molecule has 24 heavy (non-hydrogen) atoms. The molecule has 2 saturated carbocycles. The predicted molar refractivity (Wildman–Crippen MR) is 84.3 cm³/mol. The van der Waals surface area contributed by atoms with Crippen molar-refractivity contribution in [1.29, 1.82) is 0 Å². The summed E-state index contributed by atoms with van der Waals surface area (Å²) in [5.41, 5.74) is 0.129.